The van der Waals surface area contributed by atoms with Gasteiger partial charge in [0.05, 0.1) is 0 Å². The molecule has 2 fully saturated rings. The van der Waals surface area contributed by atoms with Gasteiger partial charge in [-0.3, -0.25) is 0 Å². The molecule has 4 rings (SSSR count). The van der Waals surface area contributed by atoms with Crippen molar-refractivity contribution in [2.45, 2.75) is 116 Å². The predicted octanol–water partition coefficient (Wildman–Crippen LogP) is 10.6. The van der Waals surface area contributed by atoms with E-state index in [0.29, 0.717) is 0 Å². The van der Waals surface area contributed by atoms with Gasteiger partial charge >= 0.3 is 0 Å². The largest absolute Gasteiger partial charge is 0.0843 e. The fourth-order valence-corrected chi connectivity index (χ4v) is 6.77. The van der Waals surface area contributed by atoms with Gasteiger partial charge in [0.25, 0.3) is 0 Å². The Balaban J connectivity index is 1.12. The van der Waals surface area contributed by atoms with Crippen LogP contribution in [0.15, 0.2) is 48.5 Å². The van der Waals surface area contributed by atoms with Crippen molar-refractivity contribution in [3.05, 3.63) is 70.2 Å². The van der Waals surface area contributed by atoms with Crippen LogP contribution in [-0.2, 0) is 12.8 Å². The van der Waals surface area contributed by atoms with E-state index in [1.807, 2.05) is 12.1 Å². The van der Waals surface area contributed by atoms with Crippen molar-refractivity contribution in [2.75, 3.05) is 0 Å². The standard InChI is InChI=1S/C33H47Cl/c1-2-3-4-5-26-6-8-27(9-7-26)10-11-28-14-20-31(21-15-28)32-22-16-29(17-23-32)12-13-30-18-24-33(34)25-19-30/h16-19,22-28,31H,2-15,20-21H2,1H3/t26-,27-,28?,31?. The zero-order chi connectivity index (χ0) is 23.6. The highest BCUT2D eigenvalue weighted by Crippen LogP contribution is 2.40. The van der Waals surface area contributed by atoms with E-state index in [-0.39, 0.29) is 0 Å². The van der Waals surface area contributed by atoms with Crippen molar-refractivity contribution in [1.29, 1.82) is 0 Å². The first-order chi connectivity index (χ1) is 16.7. The van der Waals surface area contributed by atoms with Crippen LogP contribution in [0.1, 0.15) is 119 Å². The second-order valence-corrected chi connectivity index (χ2v) is 12.0. The predicted molar refractivity (Wildman–Crippen MR) is 149 cm³/mol. The van der Waals surface area contributed by atoms with Gasteiger partial charge in [0.1, 0.15) is 0 Å². The van der Waals surface area contributed by atoms with Crippen LogP contribution in [0, 0.1) is 17.8 Å². The van der Waals surface area contributed by atoms with E-state index in [2.05, 4.69) is 43.3 Å². The molecule has 0 bridgehead atoms. The molecule has 0 radical (unpaired) electrons. The summed E-state index contributed by atoms with van der Waals surface area (Å²) in [5.74, 6) is 3.89. The van der Waals surface area contributed by atoms with Crippen molar-refractivity contribution < 1.29 is 0 Å². The van der Waals surface area contributed by atoms with Gasteiger partial charge in [0.15, 0.2) is 0 Å². The summed E-state index contributed by atoms with van der Waals surface area (Å²) in [5, 5.41) is 0.822. The summed E-state index contributed by atoms with van der Waals surface area (Å²) in [6.45, 7) is 2.33. The lowest BCUT2D eigenvalue weighted by Crippen LogP contribution is -2.17. The van der Waals surface area contributed by atoms with Crippen LogP contribution in [0.5, 0.6) is 0 Å². The topological polar surface area (TPSA) is 0 Å². The van der Waals surface area contributed by atoms with Gasteiger partial charge < -0.3 is 0 Å². The van der Waals surface area contributed by atoms with Crippen molar-refractivity contribution in [1.82, 2.24) is 0 Å². The zero-order valence-corrected chi connectivity index (χ0v) is 22.4. The third kappa shape index (κ3) is 8.15. The Bertz CT molecular complexity index is 805. The fraction of sp³-hybridized carbons (Fsp3) is 0.636. The third-order valence-electron chi connectivity index (χ3n) is 9.08. The van der Waals surface area contributed by atoms with E-state index in [1.165, 1.54) is 101 Å². The van der Waals surface area contributed by atoms with E-state index < -0.39 is 0 Å². The van der Waals surface area contributed by atoms with Crippen LogP contribution in [-0.4, -0.2) is 0 Å². The summed E-state index contributed by atoms with van der Waals surface area (Å²) < 4.78 is 0. The summed E-state index contributed by atoms with van der Waals surface area (Å²) in [4.78, 5) is 0. The molecule has 0 aliphatic heterocycles. The van der Waals surface area contributed by atoms with Crippen molar-refractivity contribution in [3.8, 4) is 0 Å². The first-order valence-corrected chi connectivity index (χ1v) is 14.9. The van der Waals surface area contributed by atoms with Crippen LogP contribution in [0.2, 0.25) is 5.02 Å². The Morgan fingerprint density at radius 2 is 1.06 bits per heavy atom. The molecular weight excluding hydrogens is 432 g/mol. The molecule has 0 spiro atoms. The fourth-order valence-electron chi connectivity index (χ4n) is 6.64. The lowest BCUT2D eigenvalue weighted by Gasteiger charge is -2.32. The molecule has 1 heteroatoms. The second kappa shape index (κ2) is 13.7. The van der Waals surface area contributed by atoms with E-state index in [0.717, 1.165) is 41.5 Å². The van der Waals surface area contributed by atoms with E-state index in [9.17, 15) is 0 Å². The number of unbranched alkanes of at least 4 members (excludes halogenated alkanes) is 2. The molecule has 2 aliphatic rings. The first-order valence-electron chi connectivity index (χ1n) is 14.5. The third-order valence-corrected chi connectivity index (χ3v) is 9.33. The van der Waals surface area contributed by atoms with E-state index in [1.54, 1.807) is 5.56 Å². The van der Waals surface area contributed by atoms with Crippen LogP contribution in [0.25, 0.3) is 0 Å². The molecule has 0 atom stereocenters. The molecule has 186 valence electrons. The van der Waals surface area contributed by atoms with Crippen LogP contribution in [0.4, 0.5) is 0 Å². The molecular formula is C33H47Cl. The van der Waals surface area contributed by atoms with Crippen LogP contribution in [0.3, 0.4) is 0 Å². The number of hydrogen-bond donors (Lipinski definition) is 0. The Morgan fingerprint density at radius 1 is 0.588 bits per heavy atom. The highest BCUT2D eigenvalue weighted by atomic mass is 35.5. The number of benzene rings is 2. The van der Waals surface area contributed by atoms with Gasteiger partial charge in [0.2, 0.25) is 0 Å². The number of halogens is 1. The Hall–Kier alpha value is -1.27. The molecule has 2 aromatic carbocycles. The molecule has 0 unspecified atom stereocenters. The Labute approximate surface area is 214 Å². The first kappa shape index (κ1) is 25.8. The highest BCUT2D eigenvalue weighted by Gasteiger charge is 2.25. The van der Waals surface area contributed by atoms with Crippen molar-refractivity contribution >= 4 is 11.6 Å². The van der Waals surface area contributed by atoms with Gasteiger partial charge in [-0.25, -0.2) is 0 Å². The maximum absolute atomic E-state index is 6.00. The Kier molecular flexibility index (Phi) is 10.4. The minimum absolute atomic E-state index is 0.792. The second-order valence-electron chi connectivity index (χ2n) is 11.5. The van der Waals surface area contributed by atoms with Gasteiger partial charge in [-0.05, 0) is 91.0 Å². The summed E-state index contributed by atoms with van der Waals surface area (Å²) in [7, 11) is 0. The van der Waals surface area contributed by atoms with E-state index in [4.69, 9.17) is 11.6 Å². The SMILES string of the molecule is CCCCC[C@H]1CC[C@H](CCC2CCC(c3ccc(CCc4ccc(Cl)cc4)cc3)CC2)CC1. The maximum atomic E-state index is 6.00. The lowest BCUT2D eigenvalue weighted by atomic mass is 9.74. The van der Waals surface area contributed by atoms with Crippen molar-refractivity contribution in [2.24, 2.45) is 17.8 Å². The minimum Gasteiger partial charge on any atom is -0.0843 e. The lowest BCUT2D eigenvalue weighted by molar-refractivity contribution is 0.222. The van der Waals surface area contributed by atoms with Gasteiger partial charge in [-0.2, -0.15) is 0 Å². The smallest absolute Gasteiger partial charge is 0.0406 e. The van der Waals surface area contributed by atoms with Crippen LogP contribution < -0.4 is 0 Å². The summed E-state index contributed by atoms with van der Waals surface area (Å²) in [6, 6.07) is 17.9. The monoisotopic (exact) mass is 478 g/mol. The van der Waals surface area contributed by atoms with Gasteiger partial charge in [-0.15, -0.1) is 0 Å². The molecule has 2 aliphatic carbocycles. The zero-order valence-electron chi connectivity index (χ0n) is 21.6. The molecule has 0 amide bonds. The van der Waals surface area contributed by atoms with Crippen molar-refractivity contribution in [3.63, 3.8) is 0 Å². The van der Waals surface area contributed by atoms with Gasteiger partial charge in [-0.1, -0.05) is 119 Å². The molecule has 34 heavy (non-hydrogen) atoms. The average molecular weight is 479 g/mol. The normalized spacial score (nSPS) is 25.4. The molecule has 2 saturated carbocycles. The maximum Gasteiger partial charge on any atom is 0.0406 e. The summed E-state index contributed by atoms with van der Waals surface area (Å²) >= 11 is 6.00. The summed E-state index contributed by atoms with van der Waals surface area (Å²) in [5.41, 5.74) is 4.40. The number of aryl methyl sites for hydroxylation is 2. The minimum atomic E-state index is 0.792. The highest BCUT2D eigenvalue weighted by molar-refractivity contribution is 6.30. The molecule has 2 aromatic rings. The molecule has 0 N–H and O–H groups in total. The van der Waals surface area contributed by atoms with Crippen LogP contribution >= 0.6 is 11.6 Å². The number of rotatable bonds is 11. The molecule has 0 nitrogen and oxygen atoms in total. The molecule has 0 aromatic heterocycles. The quantitative estimate of drug-likeness (QED) is 0.281. The molecule has 0 heterocycles. The molecule has 0 saturated heterocycles. The van der Waals surface area contributed by atoms with Gasteiger partial charge in [0, 0.05) is 5.02 Å². The Morgan fingerprint density at radius 3 is 1.59 bits per heavy atom. The average Bonchev–Trinajstić information content (AvgIpc) is 2.89. The summed E-state index contributed by atoms with van der Waals surface area (Å²) in [6.07, 6.45) is 22.8. The van der Waals surface area contributed by atoms with E-state index >= 15 is 0 Å². The number of hydrogen-bond acceptors (Lipinski definition) is 0.